The maximum Gasteiger partial charge on any atom is 0.137 e. The fourth-order valence-corrected chi connectivity index (χ4v) is 0.551. The fraction of sp³-hybridized carbons (Fsp3) is 0.600. The topological polar surface area (TPSA) is 44.8 Å². The van der Waals surface area contributed by atoms with E-state index in [1.54, 1.807) is 18.1 Å². The SMILES string of the molecule is C[N]CCn1cncn1. The summed E-state index contributed by atoms with van der Waals surface area (Å²) in [5.74, 6) is 0. The van der Waals surface area contributed by atoms with E-state index in [1.165, 1.54) is 6.33 Å². The van der Waals surface area contributed by atoms with E-state index >= 15 is 0 Å². The zero-order valence-electron chi connectivity index (χ0n) is 5.36. The van der Waals surface area contributed by atoms with Crippen LogP contribution in [0.2, 0.25) is 0 Å². The van der Waals surface area contributed by atoms with Gasteiger partial charge in [0.1, 0.15) is 12.7 Å². The maximum atomic E-state index is 3.92. The molecule has 0 saturated carbocycles. The Kier molecular flexibility index (Phi) is 2.21. The van der Waals surface area contributed by atoms with Crippen molar-refractivity contribution in [2.45, 2.75) is 6.54 Å². The first-order chi connectivity index (χ1) is 4.43. The zero-order chi connectivity index (χ0) is 6.53. The molecule has 0 aliphatic rings. The van der Waals surface area contributed by atoms with Gasteiger partial charge in [0.2, 0.25) is 0 Å². The summed E-state index contributed by atoms with van der Waals surface area (Å²) in [7, 11) is 1.79. The van der Waals surface area contributed by atoms with E-state index in [9.17, 15) is 0 Å². The van der Waals surface area contributed by atoms with Gasteiger partial charge in [-0.05, 0) is 0 Å². The molecular weight excluding hydrogens is 116 g/mol. The van der Waals surface area contributed by atoms with Crippen LogP contribution in [-0.4, -0.2) is 28.4 Å². The average molecular weight is 125 g/mol. The maximum absolute atomic E-state index is 3.92. The first-order valence-corrected chi connectivity index (χ1v) is 2.81. The second-order valence-electron chi connectivity index (χ2n) is 1.70. The van der Waals surface area contributed by atoms with Gasteiger partial charge < -0.3 is 0 Å². The molecule has 1 rings (SSSR count). The minimum absolute atomic E-state index is 0.809. The number of hydrogen-bond donors (Lipinski definition) is 0. The lowest BCUT2D eigenvalue weighted by molar-refractivity contribution is 0.578. The molecule has 1 aromatic heterocycles. The van der Waals surface area contributed by atoms with Gasteiger partial charge in [-0.2, -0.15) is 5.10 Å². The summed E-state index contributed by atoms with van der Waals surface area (Å²) >= 11 is 0. The Balaban J connectivity index is 2.30. The third kappa shape index (κ3) is 1.81. The quantitative estimate of drug-likeness (QED) is 0.547. The largest absolute Gasteiger partial charge is 0.252 e. The van der Waals surface area contributed by atoms with Crippen LogP contribution >= 0.6 is 0 Å². The van der Waals surface area contributed by atoms with Crippen molar-refractivity contribution >= 4 is 0 Å². The highest BCUT2D eigenvalue weighted by Crippen LogP contribution is 1.76. The molecule has 0 bridgehead atoms. The van der Waals surface area contributed by atoms with Gasteiger partial charge >= 0.3 is 0 Å². The van der Waals surface area contributed by atoms with Crippen molar-refractivity contribution in [1.29, 1.82) is 0 Å². The normalized spacial score (nSPS) is 9.89. The van der Waals surface area contributed by atoms with Gasteiger partial charge in [0.25, 0.3) is 0 Å². The lowest BCUT2D eigenvalue weighted by Crippen LogP contribution is -2.09. The predicted octanol–water partition coefficient (Wildman–Crippen LogP) is -0.488. The second-order valence-corrected chi connectivity index (χ2v) is 1.70. The van der Waals surface area contributed by atoms with E-state index in [1.807, 2.05) is 0 Å². The number of aromatic nitrogens is 3. The molecule has 0 fully saturated rings. The van der Waals surface area contributed by atoms with Crippen molar-refractivity contribution in [3.8, 4) is 0 Å². The monoisotopic (exact) mass is 125 g/mol. The minimum atomic E-state index is 0.809. The minimum Gasteiger partial charge on any atom is -0.252 e. The highest BCUT2D eigenvalue weighted by atomic mass is 15.3. The molecule has 1 heterocycles. The first kappa shape index (κ1) is 6.22. The molecule has 1 radical (unpaired) electrons. The molecule has 0 unspecified atom stereocenters. The van der Waals surface area contributed by atoms with Crippen LogP contribution in [0.1, 0.15) is 0 Å². The van der Waals surface area contributed by atoms with Crippen LogP contribution in [0.4, 0.5) is 0 Å². The Hall–Kier alpha value is -0.900. The van der Waals surface area contributed by atoms with Crippen LogP contribution in [0.15, 0.2) is 12.7 Å². The zero-order valence-corrected chi connectivity index (χ0v) is 5.36. The van der Waals surface area contributed by atoms with Crippen LogP contribution in [0, 0.1) is 0 Å². The summed E-state index contributed by atoms with van der Waals surface area (Å²) in [6.45, 7) is 1.64. The molecule has 4 nitrogen and oxygen atoms in total. The smallest absolute Gasteiger partial charge is 0.137 e. The van der Waals surface area contributed by atoms with Crippen LogP contribution < -0.4 is 5.32 Å². The van der Waals surface area contributed by atoms with Crippen molar-refractivity contribution in [3.05, 3.63) is 12.7 Å². The Morgan fingerprint density at radius 3 is 3.11 bits per heavy atom. The van der Waals surface area contributed by atoms with Gasteiger partial charge in [0.15, 0.2) is 0 Å². The molecule has 0 spiro atoms. The Labute approximate surface area is 53.9 Å². The summed E-state index contributed by atoms with van der Waals surface area (Å²) in [5, 5.41) is 7.82. The first-order valence-electron chi connectivity index (χ1n) is 2.81. The van der Waals surface area contributed by atoms with E-state index in [2.05, 4.69) is 15.4 Å². The summed E-state index contributed by atoms with van der Waals surface area (Å²) in [5.41, 5.74) is 0. The summed E-state index contributed by atoms with van der Waals surface area (Å²) in [6, 6.07) is 0. The summed E-state index contributed by atoms with van der Waals surface area (Å²) in [4.78, 5) is 3.79. The Bertz CT molecular complexity index is 146. The molecule has 0 saturated heterocycles. The number of likely N-dealkylation sites (N-methyl/N-ethyl adjacent to an activating group) is 1. The van der Waals surface area contributed by atoms with Crippen LogP contribution in [0.5, 0.6) is 0 Å². The molecule has 0 aliphatic heterocycles. The van der Waals surface area contributed by atoms with Gasteiger partial charge in [-0.25, -0.2) is 10.3 Å². The molecule has 0 amide bonds. The van der Waals surface area contributed by atoms with Gasteiger partial charge in [0, 0.05) is 13.6 Å². The van der Waals surface area contributed by atoms with Crippen LogP contribution in [0.3, 0.4) is 0 Å². The second kappa shape index (κ2) is 3.19. The van der Waals surface area contributed by atoms with E-state index in [0.29, 0.717) is 0 Å². The Morgan fingerprint density at radius 2 is 2.56 bits per heavy atom. The molecular formula is C5H9N4. The standard InChI is InChI=1S/C5H9N4/c1-6-2-3-9-5-7-4-8-9/h4-5H,2-3H2,1H3. The van der Waals surface area contributed by atoms with Crippen LogP contribution in [-0.2, 0) is 6.54 Å². The molecule has 0 aromatic carbocycles. The van der Waals surface area contributed by atoms with Gasteiger partial charge in [0.05, 0.1) is 6.54 Å². The predicted molar refractivity (Wildman–Crippen MR) is 32.9 cm³/mol. The van der Waals surface area contributed by atoms with Crippen LogP contribution in [0.25, 0.3) is 0 Å². The molecule has 0 atom stereocenters. The molecule has 49 valence electrons. The molecule has 0 N–H and O–H groups in total. The Morgan fingerprint density at radius 1 is 1.67 bits per heavy atom. The molecule has 1 aromatic rings. The van der Waals surface area contributed by atoms with Gasteiger partial charge in [-0.15, -0.1) is 0 Å². The third-order valence-corrected chi connectivity index (χ3v) is 1.02. The fourth-order valence-electron chi connectivity index (χ4n) is 0.551. The number of hydrogen-bond acceptors (Lipinski definition) is 2. The van der Waals surface area contributed by atoms with E-state index in [0.717, 1.165) is 13.1 Å². The van der Waals surface area contributed by atoms with Crippen molar-refractivity contribution in [2.75, 3.05) is 13.6 Å². The van der Waals surface area contributed by atoms with Crippen molar-refractivity contribution in [2.24, 2.45) is 0 Å². The highest BCUT2D eigenvalue weighted by Gasteiger charge is 1.86. The van der Waals surface area contributed by atoms with Gasteiger partial charge in [-0.3, -0.25) is 4.68 Å². The summed E-state index contributed by atoms with van der Waals surface area (Å²) in [6.07, 6.45) is 3.21. The summed E-state index contributed by atoms with van der Waals surface area (Å²) < 4.78 is 1.76. The van der Waals surface area contributed by atoms with Crippen molar-refractivity contribution < 1.29 is 0 Å². The number of rotatable bonds is 3. The molecule has 4 heteroatoms. The van der Waals surface area contributed by atoms with Crippen molar-refractivity contribution in [1.82, 2.24) is 20.1 Å². The third-order valence-electron chi connectivity index (χ3n) is 1.02. The number of nitrogens with zero attached hydrogens (tertiary/aromatic N) is 4. The average Bonchev–Trinajstić information content (AvgIpc) is 2.34. The van der Waals surface area contributed by atoms with E-state index in [-0.39, 0.29) is 0 Å². The lowest BCUT2D eigenvalue weighted by atomic mass is 10.6. The van der Waals surface area contributed by atoms with E-state index in [4.69, 9.17) is 0 Å². The van der Waals surface area contributed by atoms with Gasteiger partial charge in [-0.1, -0.05) is 0 Å². The lowest BCUT2D eigenvalue weighted by Gasteiger charge is -1.94. The van der Waals surface area contributed by atoms with Crippen molar-refractivity contribution in [3.63, 3.8) is 0 Å². The highest BCUT2D eigenvalue weighted by molar-refractivity contribution is 4.55. The molecule has 9 heavy (non-hydrogen) atoms. The van der Waals surface area contributed by atoms with E-state index < -0.39 is 0 Å². The molecule has 0 aliphatic carbocycles.